The van der Waals surface area contributed by atoms with Crippen molar-refractivity contribution in [2.75, 3.05) is 13.6 Å². The molecule has 0 bridgehead atoms. The maximum Gasteiger partial charge on any atom is 0.0529 e. The molecule has 1 aliphatic carbocycles. The van der Waals surface area contributed by atoms with E-state index in [1.54, 1.807) is 14.0 Å². The van der Waals surface area contributed by atoms with E-state index in [0.717, 1.165) is 25.8 Å². The first-order valence-electron chi connectivity index (χ1n) is 5.13. The number of hydrogen-bond donors (Lipinski definition) is 2. The van der Waals surface area contributed by atoms with Gasteiger partial charge in [0, 0.05) is 12.6 Å². The molecular weight excluding hydrogens is 180 g/mol. The normalized spacial score (nSPS) is 28.9. The molecule has 82 valence electrons. The van der Waals surface area contributed by atoms with Crippen molar-refractivity contribution in [2.24, 2.45) is 16.1 Å². The lowest BCUT2D eigenvalue weighted by atomic mass is 9.87. The van der Waals surface area contributed by atoms with Gasteiger partial charge in [-0.2, -0.15) is 5.11 Å². The number of hydrogen-bond acceptors (Lipinski definition) is 4. The van der Waals surface area contributed by atoms with Crippen LogP contribution in [0.1, 0.15) is 26.2 Å². The lowest BCUT2D eigenvalue weighted by Crippen LogP contribution is -2.49. The van der Waals surface area contributed by atoms with Gasteiger partial charge in [-0.15, -0.1) is 0 Å². The van der Waals surface area contributed by atoms with E-state index in [-0.39, 0.29) is 6.10 Å². The summed E-state index contributed by atoms with van der Waals surface area (Å²) in [4.78, 5) is 0. The minimum Gasteiger partial charge on any atom is -0.393 e. The van der Waals surface area contributed by atoms with Gasteiger partial charge in [-0.25, -0.2) is 0 Å². The van der Waals surface area contributed by atoms with Crippen molar-refractivity contribution in [3.8, 4) is 0 Å². The minimum atomic E-state index is -0.279. The van der Waals surface area contributed by atoms with E-state index in [1.165, 1.54) is 0 Å². The van der Waals surface area contributed by atoms with Crippen LogP contribution < -0.4 is 5.73 Å². The Morgan fingerprint density at radius 1 is 1.57 bits per heavy atom. The number of nitrogens with two attached hydrogens (primary N) is 1. The van der Waals surface area contributed by atoms with Gasteiger partial charge in [0.2, 0.25) is 0 Å². The van der Waals surface area contributed by atoms with Crippen LogP contribution in [0.2, 0.25) is 0 Å². The van der Waals surface area contributed by atoms with Crippen molar-refractivity contribution >= 4 is 0 Å². The molecule has 0 aromatic heterocycles. The standard InChI is InChI=1S/C9H20N4O/c1-7(14)3-4-13(12-11-2)9-5-8(10)6-9/h7-9,14H,3-6,10H2,1-2H3/t7-,8?,9?/m1/s1. The third-order valence-corrected chi connectivity index (χ3v) is 2.55. The van der Waals surface area contributed by atoms with Crippen LogP contribution in [0.4, 0.5) is 0 Å². The Balaban J connectivity index is 2.32. The molecule has 0 amide bonds. The molecule has 5 nitrogen and oxygen atoms in total. The van der Waals surface area contributed by atoms with Crippen molar-refractivity contribution in [3.63, 3.8) is 0 Å². The molecule has 1 rings (SSSR count). The topological polar surface area (TPSA) is 74.2 Å². The van der Waals surface area contributed by atoms with Crippen LogP contribution in [0.25, 0.3) is 0 Å². The van der Waals surface area contributed by atoms with Crippen molar-refractivity contribution in [1.82, 2.24) is 5.01 Å². The van der Waals surface area contributed by atoms with E-state index in [9.17, 15) is 5.11 Å². The molecule has 0 spiro atoms. The fourth-order valence-electron chi connectivity index (χ4n) is 1.61. The molecule has 0 unspecified atom stereocenters. The summed E-state index contributed by atoms with van der Waals surface area (Å²) in [5.74, 6) is 0. The van der Waals surface area contributed by atoms with Crippen LogP contribution in [-0.4, -0.2) is 41.9 Å². The molecule has 14 heavy (non-hydrogen) atoms. The zero-order valence-electron chi connectivity index (χ0n) is 8.93. The predicted molar refractivity (Wildman–Crippen MR) is 54.8 cm³/mol. The molecule has 1 aliphatic rings. The number of nitrogens with zero attached hydrogens (tertiary/aromatic N) is 3. The highest BCUT2D eigenvalue weighted by molar-refractivity contribution is 4.88. The van der Waals surface area contributed by atoms with Crippen LogP contribution in [0.5, 0.6) is 0 Å². The summed E-state index contributed by atoms with van der Waals surface area (Å²) in [5.41, 5.74) is 5.71. The monoisotopic (exact) mass is 200 g/mol. The van der Waals surface area contributed by atoms with Crippen LogP contribution in [0, 0.1) is 0 Å². The molecular formula is C9H20N4O. The first-order chi connectivity index (χ1) is 6.63. The average Bonchev–Trinajstić information content (AvgIpc) is 2.07. The second kappa shape index (κ2) is 5.26. The van der Waals surface area contributed by atoms with E-state index >= 15 is 0 Å². The summed E-state index contributed by atoms with van der Waals surface area (Å²) in [6.45, 7) is 2.54. The molecule has 0 aromatic carbocycles. The largest absolute Gasteiger partial charge is 0.393 e. The van der Waals surface area contributed by atoms with E-state index in [1.807, 2.05) is 5.01 Å². The smallest absolute Gasteiger partial charge is 0.0529 e. The molecule has 1 saturated carbocycles. The summed E-state index contributed by atoms with van der Waals surface area (Å²) in [6.07, 6.45) is 2.42. The van der Waals surface area contributed by atoms with Gasteiger partial charge in [0.25, 0.3) is 0 Å². The lowest BCUT2D eigenvalue weighted by molar-refractivity contribution is 0.0823. The zero-order chi connectivity index (χ0) is 10.6. The Hall–Kier alpha value is -0.680. The molecule has 0 heterocycles. The Morgan fingerprint density at radius 2 is 2.21 bits per heavy atom. The van der Waals surface area contributed by atoms with Crippen molar-refractivity contribution < 1.29 is 5.11 Å². The van der Waals surface area contributed by atoms with Gasteiger partial charge in [-0.3, -0.25) is 5.01 Å². The third kappa shape index (κ3) is 3.23. The summed E-state index contributed by atoms with van der Waals surface area (Å²) in [6, 6.07) is 0.744. The molecule has 1 atom stereocenters. The predicted octanol–water partition coefficient (Wildman–Crippen LogP) is 0.546. The Kier molecular flexibility index (Phi) is 4.28. The van der Waals surface area contributed by atoms with Crippen molar-refractivity contribution in [3.05, 3.63) is 0 Å². The quantitative estimate of drug-likeness (QED) is 0.502. The number of rotatable bonds is 5. The van der Waals surface area contributed by atoms with Gasteiger partial charge in [-0.1, -0.05) is 5.22 Å². The second-order valence-electron chi connectivity index (χ2n) is 3.98. The summed E-state index contributed by atoms with van der Waals surface area (Å²) in [5, 5.41) is 18.9. The molecule has 0 saturated heterocycles. The van der Waals surface area contributed by atoms with E-state index in [0.29, 0.717) is 12.1 Å². The van der Waals surface area contributed by atoms with E-state index in [4.69, 9.17) is 5.73 Å². The van der Waals surface area contributed by atoms with Crippen LogP contribution in [-0.2, 0) is 0 Å². The average molecular weight is 200 g/mol. The number of aliphatic hydroxyl groups excluding tert-OH is 1. The highest BCUT2D eigenvalue weighted by Crippen LogP contribution is 2.24. The molecule has 0 aromatic rings. The highest BCUT2D eigenvalue weighted by Gasteiger charge is 2.30. The highest BCUT2D eigenvalue weighted by atomic mass is 16.3. The second-order valence-corrected chi connectivity index (χ2v) is 3.98. The summed E-state index contributed by atoms with van der Waals surface area (Å²) >= 11 is 0. The third-order valence-electron chi connectivity index (χ3n) is 2.55. The Morgan fingerprint density at radius 3 is 2.64 bits per heavy atom. The van der Waals surface area contributed by atoms with Crippen LogP contribution in [0.3, 0.4) is 0 Å². The Labute approximate surface area is 85.0 Å². The van der Waals surface area contributed by atoms with Crippen LogP contribution >= 0.6 is 0 Å². The van der Waals surface area contributed by atoms with Gasteiger partial charge in [0.15, 0.2) is 0 Å². The molecule has 3 N–H and O–H groups in total. The molecule has 5 heteroatoms. The van der Waals surface area contributed by atoms with Gasteiger partial charge in [-0.05, 0) is 26.2 Å². The first-order valence-corrected chi connectivity index (χ1v) is 5.13. The van der Waals surface area contributed by atoms with Crippen molar-refractivity contribution in [2.45, 2.75) is 44.4 Å². The van der Waals surface area contributed by atoms with Gasteiger partial charge < -0.3 is 10.8 Å². The van der Waals surface area contributed by atoms with Gasteiger partial charge in [0.05, 0.1) is 19.2 Å². The van der Waals surface area contributed by atoms with Gasteiger partial charge >= 0.3 is 0 Å². The fraction of sp³-hybridized carbons (Fsp3) is 1.00. The summed E-state index contributed by atoms with van der Waals surface area (Å²) < 4.78 is 0. The van der Waals surface area contributed by atoms with E-state index < -0.39 is 0 Å². The summed E-state index contributed by atoms with van der Waals surface area (Å²) in [7, 11) is 1.66. The van der Waals surface area contributed by atoms with E-state index in [2.05, 4.69) is 10.3 Å². The van der Waals surface area contributed by atoms with Gasteiger partial charge in [0.1, 0.15) is 0 Å². The minimum absolute atomic E-state index is 0.279. The van der Waals surface area contributed by atoms with Crippen molar-refractivity contribution in [1.29, 1.82) is 0 Å². The van der Waals surface area contributed by atoms with Crippen LogP contribution in [0.15, 0.2) is 10.3 Å². The molecule has 0 radical (unpaired) electrons. The maximum absolute atomic E-state index is 9.17. The maximum atomic E-state index is 9.17. The molecule has 1 fully saturated rings. The zero-order valence-corrected chi connectivity index (χ0v) is 8.93. The SMILES string of the molecule is CN=NN(CC[C@@H](C)O)C1CC(N)C1. The molecule has 0 aliphatic heterocycles. The number of aliphatic hydroxyl groups is 1. The fourth-order valence-corrected chi connectivity index (χ4v) is 1.61. The first kappa shape index (κ1) is 11.4. The Bertz CT molecular complexity index is 189. The lowest BCUT2D eigenvalue weighted by Gasteiger charge is -2.39.